The fraction of sp³-hybridized carbons (Fsp3) is 0.682. The van der Waals surface area contributed by atoms with Gasteiger partial charge in [-0.1, -0.05) is 43.2 Å². The summed E-state index contributed by atoms with van der Waals surface area (Å²) in [5, 5.41) is 14.8. The number of likely N-dealkylation sites (tertiary alicyclic amines) is 1. The van der Waals surface area contributed by atoms with Crippen molar-refractivity contribution in [1.82, 2.24) is 10.2 Å². The minimum absolute atomic E-state index is 0.00153. The molecule has 2 aliphatic carbocycles. The van der Waals surface area contributed by atoms with E-state index in [-0.39, 0.29) is 24.2 Å². The summed E-state index contributed by atoms with van der Waals surface area (Å²) in [7, 11) is 0. The van der Waals surface area contributed by atoms with Crippen molar-refractivity contribution < 1.29 is 19.4 Å². The predicted octanol–water partition coefficient (Wildman–Crippen LogP) is 1.48. The van der Waals surface area contributed by atoms with Crippen molar-refractivity contribution in [2.24, 2.45) is 17.8 Å². The van der Waals surface area contributed by atoms with Crippen molar-refractivity contribution in [2.75, 3.05) is 32.8 Å². The number of hydrogen-bond donors (Lipinski definition) is 2. The maximum absolute atomic E-state index is 13.3. The fourth-order valence-electron chi connectivity index (χ4n) is 5.55. The van der Waals surface area contributed by atoms with Gasteiger partial charge >= 0.3 is 0 Å². The third-order valence-corrected chi connectivity index (χ3v) is 7.17. The van der Waals surface area contributed by atoms with Crippen LogP contribution in [0.5, 0.6) is 0 Å². The maximum Gasteiger partial charge on any atom is 0.257 e. The first-order valence-electron chi connectivity index (χ1n) is 10.7. The zero-order valence-electron chi connectivity index (χ0n) is 16.3. The number of aliphatic hydroxyl groups is 1. The number of benzene rings is 1. The summed E-state index contributed by atoms with van der Waals surface area (Å²) in [4.78, 5) is 15.6. The summed E-state index contributed by atoms with van der Waals surface area (Å²) in [6, 6.07) is 9.68. The largest absolute Gasteiger partial charge is 0.375 e. The lowest BCUT2D eigenvalue weighted by Crippen LogP contribution is -2.51. The van der Waals surface area contributed by atoms with Crippen molar-refractivity contribution in [1.29, 1.82) is 0 Å². The Morgan fingerprint density at radius 2 is 1.75 bits per heavy atom. The second kappa shape index (κ2) is 7.41. The highest BCUT2D eigenvalue weighted by Crippen LogP contribution is 2.47. The quantitative estimate of drug-likeness (QED) is 0.775. The molecule has 152 valence electrons. The van der Waals surface area contributed by atoms with E-state index in [2.05, 4.69) is 10.2 Å². The van der Waals surface area contributed by atoms with Gasteiger partial charge in [0.15, 0.2) is 11.9 Å². The van der Waals surface area contributed by atoms with Gasteiger partial charge in [0, 0.05) is 31.6 Å². The smallest absolute Gasteiger partial charge is 0.257 e. The second-order valence-corrected chi connectivity index (χ2v) is 8.83. The lowest BCUT2D eigenvalue weighted by atomic mass is 9.79. The number of nitrogens with zero attached hydrogens (tertiary/aromatic N) is 1. The van der Waals surface area contributed by atoms with Gasteiger partial charge in [-0.25, -0.2) is 0 Å². The molecule has 2 N–H and O–H groups in total. The van der Waals surface area contributed by atoms with Crippen molar-refractivity contribution in [3.8, 4) is 0 Å². The Balaban J connectivity index is 1.22. The van der Waals surface area contributed by atoms with Crippen LogP contribution >= 0.6 is 0 Å². The Morgan fingerprint density at radius 3 is 2.39 bits per heavy atom. The average molecular weight is 386 g/mol. The van der Waals surface area contributed by atoms with Gasteiger partial charge in [0.1, 0.15) is 0 Å². The first-order chi connectivity index (χ1) is 13.7. The number of ether oxygens (including phenoxy) is 2. The minimum atomic E-state index is -1.42. The number of carbonyl (C=O) groups excluding carboxylic acids is 1. The highest BCUT2D eigenvalue weighted by Gasteiger charge is 2.58. The molecule has 0 bridgehead atoms. The monoisotopic (exact) mass is 386 g/mol. The van der Waals surface area contributed by atoms with Crippen LogP contribution in [0, 0.1) is 17.8 Å². The van der Waals surface area contributed by atoms with Crippen LogP contribution in [0.1, 0.15) is 31.2 Å². The molecular formula is C22H30N2O4. The molecule has 5 rings (SSSR count). The Labute approximate surface area is 166 Å². The molecule has 1 aromatic carbocycles. The van der Waals surface area contributed by atoms with E-state index in [0.717, 1.165) is 50.9 Å². The highest BCUT2D eigenvalue weighted by atomic mass is 16.7. The Kier molecular flexibility index (Phi) is 4.91. The number of carbonyl (C=O) groups is 1. The first-order valence-corrected chi connectivity index (χ1v) is 10.7. The topological polar surface area (TPSA) is 71.0 Å². The standard InChI is InChI=1S/C22H30N2O4/c25-21(22(26,16-8-4-5-9-16)15-6-2-1-3-7-15)23-20-17-12-24(13-18(17)20)14-19-27-10-11-28-19/h1-3,6-7,16-20,26H,4-5,8-14H2,(H,23,25)/t17-,18?,20+,22?/m0/s1. The Bertz CT molecular complexity index is 690. The lowest BCUT2D eigenvalue weighted by Gasteiger charge is -2.33. The number of amides is 1. The van der Waals surface area contributed by atoms with Gasteiger partial charge in [0.2, 0.25) is 0 Å². The average Bonchev–Trinajstić information content (AvgIpc) is 3.28. The Morgan fingerprint density at radius 1 is 1.11 bits per heavy atom. The van der Waals surface area contributed by atoms with Gasteiger partial charge in [-0.15, -0.1) is 0 Å². The summed E-state index contributed by atoms with van der Waals surface area (Å²) in [5.74, 6) is 0.753. The zero-order valence-corrected chi connectivity index (χ0v) is 16.3. The molecule has 2 aliphatic heterocycles. The summed E-state index contributed by atoms with van der Waals surface area (Å²) < 4.78 is 11.1. The molecule has 2 heterocycles. The van der Waals surface area contributed by atoms with E-state index in [1.54, 1.807) is 0 Å². The number of hydrogen-bond acceptors (Lipinski definition) is 5. The van der Waals surface area contributed by atoms with Crippen LogP contribution in [0.2, 0.25) is 0 Å². The van der Waals surface area contributed by atoms with E-state index >= 15 is 0 Å². The van der Waals surface area contributed by atoms with Crippen LogP contribution < -0.4 is 5.32 Å². The number of fused-ring (bicyclic) bond motifs is 1. The molecule has 4 fully saturated rings. The minimum Gasteiger partial charge on any atom is -0.375 e. The third kappa shape index (κ3) is 3.26. The molecule has 4 aliphatic rings. The van der Waals surface area contributed by atoms with Crippen LogP contribution in [0.15, 0.2) is 30.3 Å². The molecule has 28 heavy (non-hydrogen) atoms. The van der Waals surface area contributed by atoms with Crippen molar-refractivity contribution in [2.45, 2.75) is 43.6 Å². The SMILES string of the molecule is O=C(N[C@H]1C2CN(CC3OCCO3)C[C@@H]21)C(O)(c1ccccc1)C1CCCC1. The summed E-state index contributed by atoms with van der Waals surface area (Å²) in [6.07, 6.45) is 3.89. The number of nitrogens with one attached hydrogen (secondary N) is 1. The summed E-state index contributed by atoms with van der Waals surface area (Å²) in [6.45, 7) is 4.11. The van der Waals surface area contributed by atoms with Crippen LogP contribution in [0.3, 0.4) is 0 Å². The molecule has 2 unspecified atom stereocenters. The molecule has 2 saturated heterocycles. The lowest BCUT2D eigenvalue weighted by molar-refractivity contribution is -0.147. The van der Waals surface area contributed by atoms with Crippen molar-refractivity contribution in [3.05, 3.63) is 35.9 Å². The van der Waals surface area contributed by atoms with Gasteiger partial charge in [-0.3, -0.25) is 9.69 Å². The molecule has 0 aromatic heterocycles. The molecule has 6 nitrogen and oxygen atoms in total. The van der Waals surface area contributed by atoms with Crippen molar-refractivity contribution in [3.63, 3.8) is 0 Å². The van der Waals surface area contributed by atoms with E-state index in [0.29, 0.717) is 25.0 Å². The zero-order chi connectivity index (χ0) is 19.1. The second-order valence-electron chi connectivity index (χ2n) is 8.83. The molecular weight excluding hydrogens is 356 g/mol. The van der Waals surface area contributed by atoms with E-state index in [9.17, 15) is 9.90 Å². The van der Waals surface area contributed by atoms with Crippen LogP contribution in [-0.2, 0) is 19.9 Å². The van der Waals surface area contributed by atoms with Crippen LogP contribution in [-0.4, -0.2) is 61.1 Å². The molecule has 6 heteroatoms. The predicted molar refractivity (Wildman–Crippen MR) is 103 cm³/mol. The van der Waals surface area contributed by atoms with E-state index in [1.165, 1.54) is 0 Å². The van der Waals surface area contributed by atoms with E-state index in [1.807, 2.05) is 30.3 Å². The Hall–Kier alpha value is -1.47. The van der Waals surface area contributed by atoms with Crippen LogP contribution in [0.25, 0.3) is 0 Å². The molecule has 0 radical (unpaired) electrons. The van der Waals surface area contributed by atoms with E-state index < -0.39 is 5.60 Å². The van der Waals surface area contributed by atoms with Crippen LogP contribution in [0.4, 0.5) is 0 Å². The van der Waals surface area contributed by atoms with Gasteiger partial charge in [0.25, 0.3) is 5.91 Å². The fourth-order valence-corrected chi connectivity index (χ4v) is 5.55. The molecule has 0 spiro atoms. The molecule has 2 saturated carbocycles. The molecule has 1 amide bonds. The van der Waals surface area contributed by atoms with Gasteiger partial charge in [0.05, 0.1) is 13.2 Å². The van der Waals surface area contributed by atoms with E-state index in [4.69, 9.17) is 9.47 Å². The highest BCUT2D eigenvalue weighted by molar-refractivity contribution is 5.87. The van der Waals surface area contributed by atoms with Gasteiger partial charge in [-0.2, -0.15) is 0 Å². The van der Waals surface area contributed by atoms with Gasteiger partial charge in [-0.05, 0) is 30.2 Å². The third-order valence-electron chi connectivity index (χ3n) is 7.17. The summed E-state index contributed by atoms with van der Waals surface area (Å²) >= 11 is 0. The molecule has 4 atom stereocenters. The maximum atomic E-state index is 13.3. The number of piperidine rings is 1. The normalized spacial score (nSPS) is 33.0. The van der Waals surface area contributed by atoms with Crippen molar-refractivity contribution >= 4 is 5.91 Å². The first kappa shape index (κ1) is 18.6. The summed E-state index contributed by atoms with van der Waals surface area (Å²) in [5.41, 5.74) is -0.692. The molecule has 1 aromatic rings. The number of rotatable bonds is 6. The van der Waals surface area contributed by atoms with Gasteiger partial charge < -0.3 is 19.9 Å².